The van der Waals surface area contributed by atoms with Gasteiger partial charge in [-0.3, -0.25) is 24.6 Å². The molecule has 2 aromatic rings. The smallest absolute Gasteiger partial charge is 0.387 e. The van der Waals surface area contributed by atoms with Gasteiger partial charge in [0.05, 0.1) is 17.7 Å². The van der Waals surface area contributed by atoms with E-state index in [2.05, 4.69) is 10.1 Å². The standard InChI is InChI=1S/C18H15F2N3O7/c1-28-14-4-2-10(6-15(14)30-18(19)20)21-16(24)8-22-12-7-11(23(26)27)3-5-13(12)29-9-17(22)25/h2-7,18H,8-9H2,1H3,(H,21,24). The number of hydrogen-bond donors (Lipinski definition) is 1. The van der Waals surface area contributed by atoms with Gasteiger partial charge >= 0.3 is 6.61 Å². The summed E-state index contributed by atoms with van der Waals surface area (Å²) in [7, 11) is 1.27. The first-order chi connectivity index (χ1) is 14.3. The number of rotatable bonds is 7. The summed E-state index contributed by atoms with van der Waals surface area (Å²) >= 11 is 0. The number of nitrogens with one attached hydrogen (secondary N) is 1. The monoisotopic (exact) mass is 423 g/mol. The maximum atomic E-state index is 12.5. The number of ether oxygens (including phenoxy) is 3. The molecule has 0 radical (unpaired) electrons. The van der Waals surface area contributed by atoms with Crippen molar-refractivity contribution in [2.24, 2.45) is 0 Å². The maximum absolute atomic E-state index is 12.5. The van der Waals surface area contributed by atoms with E-state index in [0.29, 0.717) is 0 Å². The summed E-state index contributed by atoms with van der Waals surface area (Å²) in [6, 6.07) is 7.54. The zero-order valence-corrected chi connectivity index (χ0v) is 15.5. The van der Waals surface area contributed by atoms with Crippen LogP contribution in [0.3, 0.4) is 0 Å². The first-order valence-electron chi connectivity index (χ1n) is 8.43. The van der Waals surface area contributed by atoms with Gasteiger partial charge in [0.2, 0.25) is 5.91 Å². The van der Waals surface area contributed by atoms with Crippen molar-refractivity contribution in [3.05, 3.63) is 46.5 Å². The number of non-ortho nitro benzene ring substituents is 1. The van der Waals surface area contributed by atoms with Gasteiger partial charge in [-0.2, -0.15) is 8.78 Å². The molecule has 0 aromatic heterocycles. The highest BCUT2D eigenvalue weighted by Crippen LogP contribution is 2.35. The Morgan fingerprint density at radius 1 is 1.30 bits per heavy atom. The number of hydrogen-bond acceptors (Lipinski definition) is 7. The van der Waals surface area contributed by atoms with Crippen LogP contribution < -0.4 is 24.4 Å². The fourth-order valence-electron chi connectivity index (χ4n) is 2.76. The van der Waals surface area contributed by atoms with E-state index in [1.807, 2.05) is 0 Å². The van der Waals surface area contributed by atoms with Crippen LogP contribution >= 0.6 is 0 Å². The molecule has 1 heterocycles. The lowest BCUT2D eigenvalue weighted by Crippen LogP contribution is -2.43. The van der Waals surface area contributed by atoms with E-state index >= 15 is 0 Å². The van der Waals surface area contributed by atoms with Crippen molar-refractivity contribution >= 4 is 28.9 Å². The molecule has 1 N–H and O–H groups in total. The van der Waals surface area contributed by atoms with Crippen molar-refractivity contribution in [2.75, 3.05) is 30.5 Å². The maximum Gasteiger partial charge on any atom is 0.387 e. The summed E-state index contributed by atoms with van der Waals surface area (Å²) < 4.78 is 39.6. The molecule has 0 bridgehead atoms. The van der Waals surface area contributed by atoms with E-state index in [-0.39, 0.29) is 40.9 Å². The second-order valence-corrected chi connectivity index (χ2v) is 5.97. The van der Waals surface area contributed by atoms with E-state index in [1.165, 1.54) is 31.4 Å². The molecule has 0 fully saturated rings. The van der Waals surface area contributed by atoms with Crippen LogP contribution in [-0.2, 0) is 9.59 Å². The Kier molecular flexibility index (Phi) is 5.95. The molecule has 2 aromatic carbocycles. The molecule has 30 heavy (non-hydrogen) atoms. The van der Waals surface area contributed by atoms with Gasteiger partial charge < -0.3 is 19.5 Å². The lowest BCUT2D eigenvalue weighted by atomic mass is 10.2. The number of nitro groups is 1. The minimum atomic E-state index is -3.09. The lowest BCUT2D eigenvalue weighted by Gasteiger charge is -2.28. The Morgan fingerprint density at radius 2 is 2.07 bits per heavy atom. The first-order valence-corrected chi connectivity index (χ1v) is 8.43. The number of benzene rings is 2. The molecule has 0 saturated heterocycles. The van der Waals surface area contributed by atoms with Crippen LogP contribution in [0.1, 0.15) is 0 Å². The minimum Gasteiger partial charge on any atom is -0.493 e. The van der Waals surface area contributed by atoms with Gasteiger partial charge in [0.25, 0.3) is 11.6 Å². The Morgan fingerprint density at radius 3 is 2.73 bits per heavy atom. The van der Waals surface area contributed by atoms with Crippen LogP contribution in [-0.4, -0.2) is 43.6 Å². The van der Waals surface area contributed by atoms with Crippen molar-refractivity contribution in [2.45, 2.75) is 6.61 Å². The molecule has 0 saturated carbocycles. The molecule has 0 aliphatic carbocycles. The van der Waals surface area contributed by atoms with Gasteiger partial charge in [0, 0.05) is 23.9 Å². The second-order valence-electron chi connectivity index (χ2n) is 5.97. The van der Waals surface area contributed by atoms with E-state index in [9.17, 15) is 28.5 Å². The molecule has 1 aliphatic heterocycles. The highest BCUT2D eigenvalue weighted by Gasteiger charge is 2.29. The van der Waals surface area contributed by atoms with E-state index in [0.717, 1.165) is 17.0 Å². The van der Waals surface area contributed by atoms with Crippen LogP contribution in [0.25, 0.3) is 0 Å². The number of amides is 2. The summed E-state index contributed by atoms with van der Waals surface area (Å²) in [4.78, 5) is 36.1. The van der Waals surface area contributed by atoms with E-state index < -0.39 is 29.9 Å². The average Bonchev–Trinajstić information content (AvgIpc) is 2.69. The number of fused-ring (bicyclic) bond motifs is 1. The van der Waals surface area contributed by atoms with Crippen LogP contribution in [0.2, 0.25) is 0 Å². The van der Waals surface area contributed by atoms with Crippen molar-refractivity contribution in [1.82, 2.24) is 0 Å². The SMILES string of the molecule is COc1ccc(NC(=O)CN2C(=O)COc3ccc([N+](=O)[O-])cc32)cc1OC(F)F. The molecule has 10 nitrogen and oxygen atoms in total. The number of methoxy groups -OCH3 is 1. The zero-order valence-electron chi connectivity index (χ0n) is 15.5. The summed E-state index contributed by atoms with van der Waals surface area (Å²) in [5.74, 6) is -1.28. The molecule has 1 aliphatic rings. The summed E-state index contributed by atoms with van der Waals surface area (Å²) in [6.07, 6.45) is 0. The summed E-state index contributed by atoms with van der Waals surface area (Å²) in [5, 5.41) is 13.5. The predicted molar refractivity (Wildman–Crippen MR) is 99.2 cm³/mol. The van der Waals surface area contributed by atoms with Gasteiger partial charge in [-0.1, -0.05) is 0 Å². The predicted octanol–water partition coefficient (Wildman–Crippen LogP) is 2.57. The fourth-order valence-corrected chi connectivity index (χ4v) is 2.76. The quantitative estimate of drug-likeness (QED) is 0.537. The van der Waals surface area contributed by atoms with Gasteiger partial charge in [0.1, 0.15) is 12.3 Å². The molecular formula is C18H15F2N3O7. The molecule has 0 spiro atoms. The van der Waals surface area contributed by atoms with Crippen molar-refractivity contribution in [1.29, 1.82) is 0 Å². The number of nitro benzene ring substituents is 1. The van der Waals surface area contributed by atoms with Crippen LogP contribution in [0.15, 0.2) is 36.4 Å². The van der Waals surface area contributed by atoms with Gasteiger partial charge in [-0.05, 0) is 18.2 Å². The molecule has 0 unspecified atom stereocenters. The molecule has 3 rings (SSSR count). The third kappa shape index (κ3) is 4.54. The number of anilines is 2. The molecule has 0 atom stereocenters. The third-order valence-electron chi connectivity index (χ3n) is 4.06. The zero-order chi connectivity index (χ0) is 21.8. The van der Waals surface area contributed by atoms with Gasteiger partial charge in [-0.25, -0.2) is 0 Å². The second kappa shape index (κ2) is 8.59. The Balaban J connectivity index is 1.79. The van der Waals surface area contributed by atoms with Crippen LogP contribution in [0.4, 0.5) is 25.8 Å². The highest BCUT2D eigenvalue weighted by atomic mass is 19.3. The largest absolute Gasteiger partial charge is 0.493 e. The molecule has 2 amide bonds. The Bertz CT molecular complexity index is 1000. The minimum absolute atomic E-state index is 0.0397. The average molecular weight is 423 g/mol. The van der Waals surface area contributed by atoms with Crippen molar-refractivity contribution < 1.29 is 37.5 Å². The Hall–Kier alpha value is -3.96. The number of halogens is 2. The van der Waals surface area contributed by atoms with Crippen LogP contribution in [0, 0.1) is 10.1 Å². The topological polar surface area (TPSA) is 120 Å². The van der Waals surface area contributed by atoms with Crippen molar-refractivity contribution in [3.8, 4) is 17.2 Å². The number of carbonyl (C=O) groups is 2. The molecule has 158 valence electrons. The molecule has 12 heteroatoms. The number of alkyl halides is 2. The van der Waals surface area contributed by atoms with Crippen LogP contribution in [0.5, 0.6) is 17.2 Å². The number of nitrogens with zero attached hydrogens (tertiary/aromatic N) is 2. The van der Waals surface area contributed by atoms with E-state index in [4.69, 9.17) is 9.47 Å². The molecular weight excluding hydrogens is 408 g/mol. The van der Waals surface area contributed by atoms with Gasteiger partial charge in [-0.15, -0.1) is 0 Å². The third-order valence-corrected chi connectivity index (χ3v) is 4.06. The Labute approximate surface area is 168 Å². The van der Waals surface area contributed by atoms with Crippen molar-refractivity contribution in [3.63, 3.8) is 0 Å². The summed E-state index contributed by atoms with van der Waals surface area (Å²) in [6.45, 7) is -3.91. The number of carbonyl (C=O) groups excluding carboxylic acids is 2. The summed E-state index contributed by atoms with van der Waals surface area (Å²) in [5.41, 5.74) is -0.0788. The lowest BCUT2D eigenvalue weighted by molar-refractivity contribution is -0.384. The normalized spacial score (nSPS) is 12.8. The first kappa shape index (κ1) is 20.8. The fraction of sp³-hybridized carbons (Fsp3) is 0.222. The highest BCUT2D eigenvalue weighted by molar-refractivity contribution is 6.05. The van der Waals surface area contributed by atoms with Gasteiger partial charge in [0.15, 0.2) is 18.1 Å². The van der Waals surface area contributed by atoms with E-state index in [1.54, 1.807) is 0 Å².